The maximum atomic E-state index is 3.37. The Hall–Kier alpha value is 0.180. The van der Waals surface area contributed by atoms with Crippen LogP contribution in [0.3, 0.4) is 0 Å². The van der Waals surface area contributed by atoms with Gasteiger partial charge in [-0.25, -0.2) is 0 Å². The van der Waals surface area contributed by atoms with Crippen molar-refractivity contribution >= 4 is 15.9 Å². The fourth-order valence-electron chi connectivity index (χ4n) is 0.552. The molecular weight excluding hydrogens is 154 g/mol. The monoisotopic (exact) mass is 160 g/mol. The third-order valence-corrected chi connectivity index (χ3v) is 1.43. The van der Waals surface area contributed by atoms with Crippen molar-refractivity contribution in [1.82, 2.24) is 4.90 Å². The van der Waals surface area contributed by atoms with Gasteiger partial charge in [0.1, 0.15) is 0 Å². The normalized spacial score (nSPS) is 22.9. The van der Waals surface area contributed by atoms with Crippen LogP contribution in [0.25, 0.3) is 0 Å². The molecule has 1 aliphatic heterocycles. The number of hydrogen-bond acceptors (Lipinski definition) is 1. The zero-order chi connectivity index (χ0) is 5.28. The topological polar surface area (TPSA) is 3.24 Å². The first-order valence-corrected chi connectivity index (χ1v) is 2.98. The predicted molar refractivity (Wildman–Crippen MR) is 33.9 cm³/mol. The minimum absolute atomic E-state index is 1.03. The molecule has 2 heteroatoms. The summed E-state index contributed by atoms with van der Waals surface area (Å²) in [6, 6.07) is 0. The molecule has 1 nitrogen and oxygen atoms in total. The van der Waals surface area contributed by atoms with Crippen LogP contribution < -0.4 is 0 Å². The first-order valence-electron chi connectivity index (χ1n) is 2.19. The molecule has 0 N–H and O–H groups in total. The van der Waals surface area contributed by atoms with Crippen molar-refractivity contribution in [3.63, 3.8) is 0 Å². The van der Waals surface area contributed by atoms with Crippen LogP contribution in [0, 0.1) is 6.54 Å². The van der Waals surface area contributed by atoms with Gasteiger partial charge in [-0.05, 0) is 7.05 Å². The first kappa shape index (κ1) is 5.32. The van der Waals surface area contributed by atoms with Gasteiger partial charge in [0, 0.05) is 17.6 Å². The average Bonchev–Trinajstić information content (AvgIpc) is 1.87. The molecule has 0 saturated heterocycles. The van der Waals surface area contributed by atoms with Crippen LogP contribution in [0.5, 0.6) is 0 Å². The van der Waals surface area contributed by atoms with Crippen molar-refractivity contribution in [1.29, 1.82) is 0 Å². The fourth-order valence-corrected chi connectivity index (χ4v) is 1.07. The second-order valence-corrected chi connectivity index (χ2v) is 2.70. The van der Waals surface area contributed by atoms with E-state index >= 15 is 0 Å². The van der Waals surface area contributed by atoms with Crippen LogP contribution in [0.15, 0.2) is 10.6 Å². The van der Waals surface area contributed by atoms with Crippen molar-refractivity contribution in [2.24, 2.45) is 0 Å². The molecule has 0 atom stereocenters. The lowest BCUT2D eigenvalue weighted by atomic mass is 10.6. The van der Waals surface area contributed by atoms with Crippen LogP contribution in [-0.4, -0.2) is 18.5 Å². The number of hydrogen-bond donors (Lipinski definition) is 0. The Morgan fingerprint density at radius 2 is 2.57 bits per heavy atom. The smallest absolute Gasteiger partial charge is 0.0482 e. The summed E-state index contributed by atoms with van der Waals surface area (Å²) >= 11 is 3.37. The maximum absolute atomic E-state index is 3.37. The lowest BCUT2D eigenvalue weighted by molar-refractivity contribution is 0.491. The van der Waals surface area contributed by atoms with Gasteiger partial charge < -0.3 is 0 Å². The Morgan fingerprint density at radius 3 is 2.71 bits per heavy atom. The van der Waals surface area contributed by atoms with Gasteiger partial charge in [0.05, 0.1) is 0 Å². The molecule has 0 amide bonds. The predicted octanol–water partition coefficient (Wildman–Crippen LogP) is 1.37. The van der Waals surface area contributed by atoms with Crippen molar-refractivity contribution in [2.45, 2.75) is 0 Å². The van der Waals surface area contributed by atoms with E-state index in [2.05, 4.69) is 26.9 Å². The van der Waals surface area contributed by atoms with Gasteiger partial charge in [0.15, 0.2) is 0 Å². The lowest BCUT2D eigenvalue weighted by Gasteiger charge is -2.02. The molecule has 0 bridgehead atoms. The molecule has 7 heavy (non-hydrogen) atoms. The highest BCUT2D eigenvalue weighted by atomic mass is 79.9. The van der Waals surface area contributed by atoms with Crippen molar-refractivity contribution in [3.05, 3.63) is 17.1 Å². The zero-order valence-electron chi connectivity index (χ0n) is 4.19. The minimum atomic E-state index is 1.03. The quantitative estimate of drug-likeness (QED) is 0.518. The molecule has 0 saturated carbocycles. The van der Waals surface area contributed by atoms with Crippen molar-refractivity contribution in [3.8, 4) is 0 Å². The molecule has 0 aromatic rings. The highest BCUT2D eigenvalue weighted by Gasteiger charge is 2.05. The van der Waals surface area contributed by atoms with E-state index in [-0.39, 0.29) is 0 Å². The Balaban J connectivity index is 2.42. The van der Waals surface area contributed by atoms with Gasteiger partial charge in [-0.3, -0.25) is 4.90 Å². The van der Waals surface area contributed by atoms with E-state index in [0.717, 1.165) is 6.54 Å². The lowest BCUT2D eigenvalue weighted by Crippen LogP contribution is -2.08. The van der Waals surface area contributed by atoms with Crippen molar-refractivity contribution < 1.29 is 0 Å². The Morgan fingerprint density at radius 1 is 1.86 bits per heavy atom. The molecule has 1 radical (unpaired) electrons. The molecule has 0 aliphatic carbocycles. The third kappa shape index (κ3) is 1.28. The van der Waals surface area contributed by atoms with Gasteiger partial charge in [0.25, 0.3) is 0 Å². The first-order chi connectivity index (χ1) is 3.29. The third-order valence-electron chi connectivity index (χ3n) is 0.910. The second kappa shape index (κ2) is 1.97. The Labute approximate surface area is 52.1 Å². The molecule has 1 aliphatic rings. The van der Waals surface area contributed by atoms with Crippen LogP contribution in [0.2, 0.25) is 0 Å². The number of nitrogens with zero attached hydrogens (tertiary/aromatic N) is 1. The molecule has 1 heterocycles. The van der Waals surface area contributed by atoms with Crippen LogP contribution in [0.4, 0.5) is 0 Å². The number of likely N-dealkylation sites (N-methyl/N-ethyl adjacent to an activating group) is 1. The standard InChI is InChI=1S/C5H7BrN/c1-7-3-2-5(6)4-7/h2-3H,4H2,1H3. The van der Waals surface area contributed by atoms with E-state index in [9.17, 15) is 0 Å². The highest BCUT2D eigenvalue weighted by molar-refractivity contribution is 9.11. The number of halogens is 1. The van der Waals surface area contributed by atoms with Gasteiger partial charge in [-0.1, -0.05) is 22.0 Å². The van der Waals surface area contributed by atoms with E-state index in [4.69, 9.17) is 0 Å². The molecule has 0 aromatic heterocycles. The summed E-state index contributed by atoms with van der Waals surface area (Å²) in [6.07, 6.45) is 2.06. The summed E-state index contributed by atoms with van der Waals surface area (Å²) < 4.78 is 1.26. The minimum Gasteiger partial charge on any atom is -0.293 e. The van der Waals surface area contributed by atoms with Gasteiger partial charge in [0.2, 0.25) is 0 Å². The molecule has 0 fully saturated rings. The average molecular weight is 161 g/mol. The van der Waals surface area contributed by atoms with E-state index in [1.54, 1.807) is 0 Å². The van der Waals surface area contributed by atoms with Gasteiger partial charge >= 0.3 is 0 Å². The molecule has 0 unspecified atom stereocenters. The fraction of sp³-hybridized carbons (Fsp3) is 0.400. The molecule has 0 spiro atoms. The van der Waals surface area contributed by atoms with Crippen molar-refractivity contribution in [2.75, 3.05) is 13.6 Å². The van der Waals surface area contributed by atoms with E-state index in [1.165, 1.54) is 4.48 Å². The highest BCUT2D eigenvalue weighted by Crippen LogP contribution is 2.14. The summed E-state index contributed by atoms with van der Waals surface area (Å²) in [5.74, 6) is 0. The van der Waals surface area contributed by atoms with E-state index in [1.807, 2.05) is 13.6 Å². The van der Waals surface area contributed by atoms with Crippen LogP contribution in [-0.2, 0) is 0 Å². The maximum Gasteiger partial charge on any atom is 0.0482 e. The van der Waals surface area contributed by atoms with E-state index in [0.29, 0.717) is 0 Å². The summed E-state index contributed by atoms with van der Waals surface area (Å²) in [7, 11) is 2.05. The van der Waals surface area contributed by atoms with Crippen LogP contribution >= 0.6 is 15.9 Å². The Kier molecular flexibility index (Phi) is 1.50. The van der Waals surface area contributed by atoms with E-state index < -0.39 is 0 Å². The summed E-state index contributed by atoms with van der Waals surface area (Å²) in [6.45, 7) is 3.07. The SMILES string of the molecule is CN1[CH]C=C(Br)C1. The van der Waals surface area contributed by atoms with Crippen LogP contribution in [0.1, 0.15) is 0 Å². The summed E-state index contributed by atoms with van der Waals surface area (Å²) in [5, 5.41) is 0. The second-order valence-electron chi connectivity index (χ2n) is 1.68. The summed E-state index contributed by atoms with van der Waals surface area (Å²) in [5.41, 5.74) is 0. The molecule has 0 aromatic carbocycles. The van der Waals surface area contributed by atoms with Gasteiger partial charge in [-0.2, -0.15) is 0 Å². The summed E-state index contributed by atoms with van der Waals surface area (Å²) in [4.78, 5) is 2.12. The zero-order valence-corrected chi connectivity index (χ0v) is 5.77. The molecule has 1 rings (SSSR count). The van der Waals surface area contributed by atoms with Gasteiger partial charge in [-0.15, -0.1) is 0 Å². The molecular formula is C5H7BrN. The Bertz CT molecular complexity index is 98.3. The molecule has 39 valence electrons. The number of rotatable bonds is 0. The largest absolute Gasteiger partial charge is 0.293 e.